The number of halogens is 2. The summed E-state index contributed by atoms with van der Waals surface area (Å²) in [5.74, 6) is 0. The van der Waals surface area contributed by atoms with E-state index in [2.05, 4.69) is 9.97 Å². The first kappa shape index (κ1) is 11.5. The molecule has 0 atom stereocenters. The van der Waals surface area contributed by atoms with E-state index in [1.807, 2.05) is 41.1 Å². The van der Waals surface area contributed by atoms with E-state index in [0.29, 0.717) is 5.15 Å². The Kier molecular flexibility index (Phi) is 2.94. The quantitative estimate of drug-likeness (QED) is 0.668. The largest absolute Gasteiger partial charge is 0.328 e. The number of aromatic nitrogens is 3. The summed E-state index contributed by atoms with van der Waals surface area (Å²) in [6.45, 7) is 0.730. The minimum Gasteiger partial charge on any atom is -0.328 e. The van der Waals surface area contributed by atoms with Crippen LogP contribution in [0.4, 0.5) is 0 Å². The minimum atomic E-state index is 0.481. The Morgan fingerprint density at radius 3 is 2.56 bits per heavy atom. The molecule has 2 heterocycles. The molecule has 0 aliphatic carbocycles. The maximum absolute atomic E-state index is 6.01. The predicted molar refractivity (Wildman–Crippen MR) is 73.1 cm³/mol. The lowest BCUT2D eigenvalue weighted by atomic mass is 10.2. The van der Waals surface area contributed by atoms with Gasteiger partial charge in [-0.25, -0.2) is 9.97 Å². The summed E-state index contributed by atoms with van der Waals surface area (Å²) in [5.41, 5.74) is 2.00. The summed E-state index contributed by atoms with van der Waals surface area (Å²) < 4.78 is 2.03. The lowest BCUT2D eigenvalue weighted by Gasteiger charge is -2.05. The molecule has 18 heavy (non-hydrogen) atoms. The molecule has 1 aromatic carbocycles. The highest BCUT2D eigenvalue weighted by molar-refractivity contribution is 6.33. The van der Waals surface area contributed by atoms with E-state index in [1.165, 1.54) is 6.33 Å². The molecule has 3 aromatic rings. The molecule has 0 bridgehead atoms. The molecule has 0 radical (unpaired) electrons. The van der Waals surface area contributed by atoms with E-state index in [1.54, 1.807) is 0 Å². The first-order chi connectivity index (χ1) is 8.74. The second-order valence-corrected chi connectivity index (χ2v) is 4.77. The van der Waals surface area contributed by atoms with Crippen LogP contribution in [0.1, 0.15) is 5.56 Å². The third kappa shape index (κ3) is 2.07. The maximum Gasteiger partial charge on any atom is 0.145 e. The number of rotatable bonds is 2. The second kappa shape index (κ2) is 4.59. The van der Waals surface area contributed by atoms with Crippen LogP contribution in [0.15, 0.2) is 42.9 Å². The average molecular weight is 278 g/mol. The third-order valence-corrected chi connectivity index (χ3v) is 3.33. The molecule has 0 aliphatic rings. The molecular weight excluding hydrogens is 269 g/mol. The van der Waals surface area contributed by atoms with Gasteiger partial charge in [-0.3, -0.25) is 0 Å². The Morgan fingerprint density at radius 1 is 1.00 bits per heavy atom. The molecule has 3 nitrogen and oxygen atoms in total. The molecular formula is C13H9Cl2N3. The Hall–Kier alpha value is -1.58. The first-order valence-corrected chi connectivity index (χ1v) is 6.19. The van der Waals surface area contributed by atoms with Crippen molar-refractivity contribution in [3.05, 3.63) is 58.6 Å². The van der Waals surface area contributed by atoms with Crippen LogP contribution in [0, 0.1) is 0 Å². The Morgan fingerprint density at radius 2 is 1.78 bits per heavy atom. The van der Waals surface area contributed by atoms with Gasteiger partial charge in [-0.1, -0.05) is 35.3 Å². The van der Waals surface area contributed by atoms with Gasteiger partial charge in [-0.15, -0.1) is 0 Å². The summed E-state index contributed by atoms with van der Waals surface area (Å²) >= 11 is 11.9. The molecule has 0 N–H and O–H groups in total. The monoisotopic (exact) mass is 277 g/mol. The van der Waals surface area contributed by atoms with Crippen molar-refractivity contribution in [2.75, 3.05) is 0 Å². The van der Waals surface area contributed by atoms with Crippen molar-refractivity contribution in [1.82, 2.24) is 14.5 Å². The van der Waals surface area contributed by atoms with E-state index in [9.17, 15) is 0 Å². The minimum absolute atomic E-state index is 0.481. The van der Waals surface area contributed by atoms with Crippen LogP contribution < -0.4 is 0 Å². The zero-order chi connectivity index (χ0) is 12.5. The van der Waals surface area contributed by atoms with Crippen LogP contribution >= 0.6 is 23.2 Å². The molecule has 0 saturated heterocycles. The van der Waals surface area contributed by atoms with Crippen LogP contribution in [0.5, 0.6) is 0 Å². The number of benzene rings is 1. The van der Waals surface area contributed by atoms with Gasteiger partial charge >= 0.3 is 0 Å². The van der Waals surface area contributed by atoms with Gasteiger partial charge in [0.05, 0.1) is 5.39 Å². The number of hydrogen-bond acceptors (Lipinski definition) is 2. The van der Waals surface area contributed by atoms with Gasteiger partial charge < -0.3 is 4.57 Å². The normalized spacial score (nSPS) is 11.0. The topological polar surface area (TPSA) is 30.7 Å². The zero-order valence-electron chi connectivity index (χ0n) is 9.35. The van der Waals surface area contributed by atoms with Crippen molar-refractivity contribution in [3.63, 3.8) is 0 Å². The molecule has 90 valence electrons. The number of hydrogen-bond donors (Lipinski definition) is 0. The Labute approximate surface area is 114 Å². The van der Waals surface area contributed by atoms with Gasteiger partial charge in [0.15, 0.2) is 0 Å². The van der Waals surface area contributed by atoms with Crippen molar-refractivity contribution in [3.8, 4) is 0 Å². The van der Waals surface area contributed by atoms with E-state index < -0.39 is 0 Å². The standard InChI is InChI=1S/C13H9Cl2N3/c14-10-3-1-9(2-4-10)7-18-6-5-11-12(15)16-8-17-13(11)18/h1-6,8H,7H2. The Balaban J connectivity index is 2.00. The highest BCUT2D eigenvalue weighted by Crippen LogP contribution is 2.21. The SMILES string of the molecule is Clc1ccc(Cn2ccc3c(Cl)ncnc32)cc1. The summed E-state index contributed by atoms with van der Waals surface area (Å²) in [6, 6.07) is 9.68. The van der Waals surface area contributed by atoms with E-state index in [4.69, 9.17) is 23.2 Å². The highest BCUT2D eigenvalue weighted by atomic mass is 35.5. The molecule has 0 fully saturated rings. The fourth-order valence-electron chi connectivity index (χ4n) is 1.89. The predicted octanol–water partition coefficient (Wildman–Crippen LogP) is 3.79. The summed E-state index contributed by atoms with van der Waals surface area (Å²) in [7, 11) is 0. The molecule has 5 heteroatoms. The zero-order valence-corrected chi connectivity index (χ0v) is 10.9. The number of nitrogens with zero attached hydrogens (tertiary/aromatic N) is 3. The smallest absolute Gasteiger partial charge is 0.145 e. The van der Waals surface area contributed by atoms with Crippen LogP contribution in [0.2, 0.25) is 10.2 Å². The van der Waals surface area contributed by atoms with Gasteiger partial charge in [0.1, 0.15) is 17.1 Å². The molecule has 0 spiro atoms. The average Bonchev–Trinajstić information content (AvgIpc) is 2.77. The van der Waals surface area contributed by atoms with Gasteiger partial charge in [-0.2, -0.15) is 0 Å². The highest BCUT2D eigenvalue weighted by Gasteiger charge is 2.06. The lowest BCUT2D eigenvalue weighted by Crippen LogP contribution is -1.99. The van der Waals surface area contributed by atoms with Gasteiger partial charge in [0.2, 0.25) is 0 Å². The summed E-state index contributed by atoms with van der Waals surface area (Å²) in [4.78, 5) is 8.22. The van der Waals surface area contributed by atoms with Crippen LogP contribution in [0.25, 0.3) is 11.0 Å². The third-order valence-electron chi connectivity index (χ3n) is 2.77. The fourth-order valence-corrected chi connectivity index (χ4v) is 2.20. The molecule has 2 aromatic heterocycles. The fraction of sp³-hybridized carbons (Fsp3) is 0.0769. The van der Waals surface area contributed by atoms with Gasteiger partial charge in [0.25, 0.3) is 0 Å². The van der Waals surface area contributed by atoms with Crippen LogP contribution in [-0.4, -0.2) is 14.5 Å². The molecule has 0 saturated carbocycles. The number of fused-ring (bicyclic) bond motifs is 1. The van der Waals surface area contributed by atoms with Crippen LogP contribution in [0.3, 0.4) is 0 Å². The van der Waals surface area contributed by atoms with Gasteiger partial charge in [-0.05, 0) is 23.8 Å². The molecule has 0 amide bonds. The molecule has 0 unspecified atom stereocenters. The van der Waals surface area contributed by atoms with Crippen molar-refractivity contribution in [2.24, 2.45) is 0 Å². The van der Waals surface area contributed by atoms with Crippen molar-refractivity contribution >= 4 is 34.2 Å². The summed E-state index contributed by atoms with van der Waals surface area (Å²) in [5, 5.41) is 2.09. The van der Waals surface area contributed by atoms with Crippen molar-refractivity contribution < 1.29 is 0 Å². The molecule has 3 rings (SSSR count). The van der Waals surface area contributed by atoms with E-state index >= 15 is 0 Å². The van der Waals surface area contributed by atoms with Crippen molar-refractivity contribution in [1.29, 1.82) is 0 Å². The lowest BCUT2D eigenvalue weighted by molar-refractivity contribution is 0.823. The van der Waals surface area contributed by atoms with Crippen LogP contribution in [-0.2, 0) is 6.54 Å². The first-order valence-electron chi connectivity index (χ1n) is 5.44. The Bertz CT molecular complexity index is 689. The molecule has 0 aliphatic heterocycles. The summed E-state index contributed by atoms with van der Waals surface area (Å²) in [6.07, 6.45) is 3.43. The van der Waals surface area contributed by atoms with Crippen molar-refractivity contribution in [2.45, 2.75) is 6.54 Å². The maximum atomic E-state index is 6.01. The van der Waals surface area contributed by atoms with E-state index in [0.717, 1.165) is 28.2 Å². The van der Waals surface area contributed by atoms with Gasteiger partial charge in [0, 0.05) is 17.8 Å². The second-order valence-electron chi connectivity index (χ2n) is 3.97. The van der Waals surface area contributed by atoms with E-state index in [-0.39, 0.29) is 0 Å².